The number of rotatable bonds is 3. The number of anilines is 1. The molecule has 2 N–H and O–H groups in total. The maximum atomic E-state index is 13.6. The van der Waals surface area contributed by atoms with Crippen molar-refractivity contribution in [1.82, 2.24) is 14.5 Å². The van der Waals surface area contributed by atoms with E-state index in [9.17, 15) is 17.2 Å². The van der Waals surface area contributed by atoms with E-state index in [4.69, 9.17) is 17.3 Å². The summed E-state index contributed by atoms with van der Waals surface area (Å²) in [6, 6.07) is 7.42. The zero-order valence-corrected chi connectivity index (χ0v) is 16.2. The number of hydrogen-bond donors (Lipinski definition) is 1. The number of nitrogens with two attached hydrogens (primary N) is 1. The first kappa shape index (κ1) is 19.1. The Labute approximate surface area is 165 Å². The molecule has 4 rings (SSSR count). The van der Waals surface area contributed by atoms with Gasteiger partial charge in [-0.25, -0.2) is 27.2 Å². The number of halogens is 3. The maximum absolute atomic E-state index is 13.6. The Morgan fingerprint density at radius 1 is 1.14 bits per heavy atom. The third kappa shape index (κ3) is 3.02. The van der Waals surface area contributed by atoms with Crippen molar-refractivity contribution in [2.45, 2.75) is 47.4 Å². The van der Waals surface area contributed by atoms with Crippen LogP contribution in [0.4, 0.5) is 14.6 Å². The van der Waals surface area contributed by atoms with Crippen molar-refractivity contribution in [2.24, 2.45) is 0 Å². The lowest BCUT2D eigenvalue weighted by atomic mass is 9.92. The van der Waals surface area contributed by atoms with Gasteiger partial charge in [0.05, 0.1) is 4.90 Å². The topological polar surface area (TPSA) is 90.9 Å². The van der Waals surface area contributed by atoms with Gasteiger partial charge in [0.25, 0.3) is 0 Å². The van der Waals surface area contributed by atoms with Crippen LogP contribution in [0.3, 0.4) is 0 Å². The van der Waals surface area contributed by atoms with Crippen LogP contribution in [-0.4, -0.2) is 28.9 Å². The number of alkyl halides is 2. The second kappa shape index (κ2) is 6.66. The average Bonchev–Trinajstić information content (AvgIpc) is 2.96. The van der Waals surface area contributed by atoms with E-state index in [2.05, 4.69) is 9.97 Å². The SMILES string of the molecule is Nc1c(S(=O)(=O)c2ccccc2)c2ncnc(Cl)c2n1C1CCC(F)(F)CC1. The van der Waals surface area contributed by atoms with Crippen molar-refractivity contribution in [1.29, 1.82) is 0 Å². The zero-order valence-electron chi connectivity index (χ0n) is 14.6. The molecule has 1 fully saturated rings. The minimum atomic E-state index is -4.00. The largest absolute Gasteiger partial charge is 0.384 e. The monoisotopic (exact) mass is 426 g/mol. The molecule has 0 atom stereocenters. The van der Waals surface area contributed by atoms with E-state index in [0.29, 0.717) is 0 Å². The van der Waals surface area contributed by atoms with Gasteiger partial charge in [-0.3, -0.25) is 0 Å². The molecule has 1 aliphatic carbocycles. The molecule has 1 saturated carbocycles. The number of hydrogen-bond acceptors (Lipinski definition) is 5. The lowest BCUT2D eigenvalue weighted by molar-refractivity contribution is -0.0434. The maximum Gasteiger partial charge on any atom is 0.248 e. The van der Waals surface area contributed by atoms with Crippen LogP contribution in [0.1, 0.15) is 31.7 Å². The van der Waals surface area contributed by atoms with Gasteiger partial charge in [0.2, 0.25) is 15.8 Å². The minimum absolute atomic E-state index is 0.0311. The number of benzene rings is 1. The summed E-state index contributed by atoms with van der Waals surface area (Å²) in [6.45, 7) is 0. The molecule has 2 aromatic heterocycles. The van der Waals surface area contributed by atoms with E-state index in [1.807, 2.05) is 0 Å². The fraction of sp³-hybridized carbons (Fsp3) is 0.333. The molecule has 0 aliphatic heterocycles. The lowest BCUT2D eigenvalue weighted by Gasteiger charge is -2.30. The molecular weight excluding hydrogens is 410 g/mol. The van der Waals surface area contributed by atoms with Crippen LogP contribution in [0.25, 0.3) is 11.0 Å². The first-order valence-electron chi connectivity index (χ1n) is 8.70. The molecule has 0 unspecified atom stereocenters. The Balaban J connectivity index is 1.95. The normalized spacial score (nSPS) is 17.8. The fourth-order valence-electron chi connectivity index (χ4n) is 3.73. The predicted molar refractivity (Wildman–Crippen MR) is 101 cm³/mol. The van der Waals surface area contributed by atoms with Gasteiger partial charge < -0.3 is 10.3 Å². The molecule has 0 saturated heterocycles. The molecule has 10 heteroatoms. The average molecular weight is 427 g/mol. The highest BCUT2D eigenvalue weighted by molar-refractivity contribution is 7.92. The number of nitrogen functional groups attached to an aromatic ring is 1. The highest BCUT2D eigenvalue weighted by Gasteiger charge is 2.38. The van der Waals surface area contributed by atoms with E-state index in [1.54, 1.807) is 18.2 Å². The Hall–Kier alpha value is -2.26. The zero-order chi connectivity index (χ0) is 20.1. The Morgan fingerprint density at radius 3 is 2.43 bits per heavy atom. The van der Waals surface area contributed by atoms with Crippen molar-refractivity contribution in [3.05, 3.63) is 41.8 Å². The molecule has 0 bridgehead atoms. The fourth-order valence-corrected chi connectivity index (χ4v) is 5.49. The molecule has 3 aromatic rings. The van der Waals surface area contributed by atoms with Crippen LogP contribution in [0, 0.1) is 0 Å². The summed E-state index contributed by atoms with van der Waals surface area (Å²) in [4.78, 5) is 7.94. The molecule has 1 aromatic carbocycles. The van der Waals surface area contributed by atoms with E-state index in [0.717, 1.165) is 6.33 Å². The number of fused-ring (bicyclic) bond motifs is 1. The van der Waals surface area contributed by atoms with Crippen molar-refractivity contribution >= 4 is 38.3 Å². The first-order valence-corrected chi connectivity index (χ1v) is 10.6. The van der Waals surface area contributed by atoms with E-state index >= 15 is 0 Å². The molecule has 6 nitrogen and oxygen atoms in total. The van der Waals surface area contributed by atoms with Gasteiger partial charge >= 0.3 is 0 Å². The number of aromatic nitrogens is 3. The second-order valence-corrected chi connectivity index (χ2v) is 9.09. The van der Waals surface area contributed by atoms with Crippen LogP contribution < -0.4 is 5.73 Å². The molecule has 28 heavy (non-hydrogen) atoms. The summed E-state index contributed by atoms with van der Waals surface area (Å²) in [6.07, 6.45) is 0.854. The van der Waals surface area contributed by atoms with Crippen molar-refractivity contribution in [3.8, 4) is 0 Å². The highest BCUT2D eigenvalue weighted by atomic mass is 35.5. The summed E-state index contributed by atoms with van der Waals surface area (Å²) in [7, 11) is -4.00. The van der Waals surface area contributed by atoms with Crippen LogP contribution in [-0.2, 0) is 9.84 Å². The van der Waals surface area contributed by atoms with Gasteiger partial charge in [0.15, 0.2) is 5.15 Å². The van der Waals surface area contributed by atoms with E-state index < -0.39 is 21.8 Å². The third-order valence-electron chi connectivity index (χ3n) is 5.10. The van der Waals surface area contributed by atoms with Gasteiger partial charge in [0, 0.05) is 18.9 Å². The lowest BCUT2D eigenvalue weighted by Crippen LogP contribution is -2.27. The predicted octanol–water partition coefficient (Wildman–Crippen LogP) is 4.25. The van der Waals surface area contributed by atoms with Gasteiger partial charge in [-0.15, -0.1) is 0 Å². The summed E-state index contributed by atoms with van der Waals surface area (Å²) in [5.74, 6) is -2.79. The summed E-state index contributed by atoms with van der Waals surface area (Å²) in [5.41, 5.74) is 6.63. The van der Waals surface area contributed by atoms with Gasteiger partial charge in [-0.05, 0) is 25.0 Å². The summed E-state index contributed by atoms with van der Waals surface area (Å²) in [5, 5.41) is 0.0311. The Kier molecular flexibility index (Phi) is 4.54. The van der Waals surface area contributed by atoms with Crippen molar-refractivity contribution < 1.29 is 17.2 Å². The Morgan fingerprint density at radius 2 is 1.79 bits per heavy atom. The van der Waals surface area contributed by atoms with Crippen molar-refractivity contribution in [2.75, 3.05) is 5.73 Å². The van der Waals surface area contributed by atoms with E-state index in [1.165, 1.54) is 16.7 Å². The molecule has 2 heterocycles. The second-order valence-electron chi connectivity index (χ2n) is 6.85. The van der Waals surface area contributed by atoms with Gasteiger partial charge in [-0.2, -0.15) is 0 Å². The van der Waals surface area contributed by atoms with Crippen LogP contribution in [0.2, 0.25) is 5.15 Å². The Bertz CT molecular complexity index is 1140. The summed E-state index contributed by atoms with van der Waals surface area (Å²) < 4.78 is 55.3. The van der Waals surface area contributed by atoms with Crippen molar-refractivity contribution in [3.63, 3.8) is 0 Å². The van der Waals surface area contributed by atoms with Gasteiger partial charge in [-0.1, -0.05) is 29.8 Å². The van der Waals surface area contributed by atoms with Crippen LogP contribution >= 0.6 is 11.6 Å². The van der Waals surface area contributed by atoms with E-state index in [-0.39, 0.29) is 57.5 Å². The standard InChI is InChI=1S/C18H17ClF2N4O2S/c19-16-14-13(23-10-24-16)15(28(26,27)12-4-2-1-3-5-12)17(22)25(14)11-6-8-18(20,21)9-7-11/h1-5,10-11H,6-9,22H2. The third-order valence-corrected chi connectivity index (χ3v) is 7.21. The number of sulfone groups is 1. The minimum Gasteiger partial charge on any atom is -0.384 e. The molecular formula is C18H17ClF2N4O2S. The molecule has 0 spiro atoms. The quantitative estimate of drug-likeness (QED) is 0.632. The van der Waals surface area contributed by atoms with Crippen LogP contribution in [0.15, 0.2) is 46.5 Å². The number of nitrogens with zero attached hydrogens (tertiary/aromatic N) is 3. The molecule has 0 radical (unpaired) electrons. The molecule has 0 amide bonds. The highest BCUT2D eigenvalue weighted by Crippen LogP contribution is 2.45. The summed E-state index contributed by atoms with van der Waals surface area (Å²) >= 11 is 6.25. The molecule has 148 valence electrons. The molecule has 1 aliphatic rings. The first-order chi connectivity index (χ1) is 13.2. The van der Waals surface area contributed by atoms with Crippen LogP contribution in [0.5, 0.6) is 0 Å². The van der Waals surface area contributed by atoms with Gasteiger partial charge in [0.1, 0.15) is 28.1 Å². The smallest absolute Gasteiger partial charge is 0.248 e.